The van der Waals surface area contributed by atoms with Crippen molar-refractivity contribution >= 4 is 17.5 Å². The van der Waals surface area contributed by atoms with Gasteiger partial charge in [0.1, 0.15) is 5.60 Å². The number of methoxy groups -OCH3 is 1. The summed E-state index contributed by atoms with van der Waals surface area (Å²) in [5.74, 6) is 0. The molecule has 0 aromatic heterocycles. The van der Waals surface area contributed by atoms with Crippen LogP contribution in [0.3, 0.4) is 0 Å². The fraction of sp³-hybridized carbons (Fsp3) is 0.562. The Labute approximate surface area is 126 Å². The lowest BCUT2D eigenvalue weighted by molar-refractivity contribution is 0.0328. The third-order valence-electron chi connectivity index (χ3n) is 3.33. The Morgan fingerprint density at radius 3 is 2.24 bits per heavy atom. The van der Waals surface area contributed by atoms with Crippen LogP contribution in [0.4, 0.5) is 16.2 Å². The van der Waals surface area contributed by atoms with Crippen molar-refractivity contribution in [3.05, 3.63) is 24.3 Å². The van der Waals surface area contributed by atoms with Gasteiger partial charge in [0.05, 0.1) is 6.10 Å². The van der Waals surface area contributed by atoms with Gasteiger partial charge in [-0.25, -0.2) is 4.79 Å². The SMILES string of the molecule is COC1CC(Nc2ccc(NC(=O)OC(C)(C)C)cc2)C1. The fourth-order valence-corrected chi connectivity index (χ4v) is 2.18. The van der Waals surface area contributed by atoms with Gasteiger partial charge in [0, 0.05) is 24.5 Å². The number of carbonyl (C=O) groups excluding carboxylic acids is 1. The third kappa shape index (κ3) is 4.93. The van der Waals surface area contributed by atoms with Crippen molar-refractivity contribution in [2.45, 2.75) is 51.4 Å². The van der Waals surface area contributed by atoms with Crippen LogP contribution < -0.4 is 10.6 Å². The topological polar surface area (TPSA) is 59.6 Å². The lowest BCUT2D eigenvalue weighted by Crippen LogP contribution is -2.40. The van der Waals surface area contributed by atoms with Gasteiger partial charge < -0.3 is 14.8 Å². The molecule has 2 rings (SSSR count). The van der Waals surface area contributed by atoms with Gasteiger partial charge in [0.15, 0.2) is 0 Å². The van der Waals surface area contributed by atoms with Gasteiger partial charge in [-0.05, 0) is 57.9 Å². The minimum absolute atomic E-state index is 0.385. The molecule has 0 atom stereocenters. The number of benzene rings is 1. The molecule has 1 aliphatic carbocycles. The van der Waals surface area contributed by atoms with E-state index in [4.69, 9.17) is 9.47 Å². The highest BCUT2D eigenvalue weighted by atomic mass is 16.6. The van der Waals surface area contributed by atoms with Crippen molar-refractivity contribution in [1.29, 1.82) is 0 Å². The molecule has 0 spiro atoms. The van der Waals surface area contributed by atoms with E-state index in [1.54, 1.807) is 7.11 Å². The Bertz CT molecular complexity index is 473. The predicted octanol–water partition coefficient (Wildman–Crippen LogP) is 3.62. The van der Waals surface area contributed by atoms with E-state index in [0.29, 0.717) is 12.1 Å². The van der Waals surface area contributed by atoms with E-state index in [0.717, 1.165) is 24.2 Å². The zero-order chi connectivity index (χ0) is 15.5. The lowest BCUT2D eigenvalue weighted by Gasteiger charge is -2.35. The van der Waals surface area contributed by atoms with Crippen LogP contribution in [0.1, 0.15) is 33.6 Å². The quantitative estimate of drug-likeness (QED) is 0.889. The second-order valence-electron chi connectivity index (χ2n) is 6.37. The average Bonchev–Trinajstić information content (AvgIpc) is 2.32. The summed E-state index contributed by atoms with van der Waals surface area (Å²) in [6.45, 7) is 5.52. The normalized spacial score (nSPS) is 21.3. The molecule has 1 amide bonds. The van der Waals surface area contributed by atoms with Crippen molar-refractivity contribution < 1.29 is 14.3 Å². The molecule has 5 nitrogen and oxygen atoms in total. The van der Waals surface area contributed by atoms with Crippen molar-refractivity contribution in [3.63, 3.8) is 0 Å². The first-order valence-corrected chi connectivity index (χ1v) is 7.25. The molecule has 1 saturated carbocycles. The number of rotatable bonds is 4. The van der Waals surface area contributed by atoms with Gasteiger partial charge in [0.25, 0.3) is 0 Å². The number of nitrogens with one attached hydrogen (secondary N) is 2. The second kappa shape index (κ2) is 6.35. The van der Waals surface area contributed by atoms with Crippen LogP contribution in [0.5, 0.6) is 0 Å². The van der Waals surface area contributed by atoms with Crippen LogP contribution in [0.2, 0.25) is 0 Å². The molecule has 5 heteroatoms. The minimum atomic E-state index is -0.492. The lowest BCUT2D eigenvalue weighted by atomic mass is 9.89. The molecule has 1 aliphatic rings. The molecular formula is C16H24N2O3. The summed E-state index contributed by atoms with van der Waals surface area (Å²) in [7, 11) is 1.75. The number of hydrogen-bond donors (Lipinski definition) is 2. The van der Waals surface area contributed by atoms with Gasteiger partial charge in [-0.2, -0.15) is 0 Å². The van der Waals surface area contributed by atoms with Crippen molar-refractivity contribution in [1.82, 2.24) is 0 Å². The summed E-state index contributed by atoms with van der Waals surface area (Å²) >= 11 is 0. The van der Waals surface area contributed by atoms with Crippen LogP contribution in [-0.2, 0) is 9.47 Å². The first kappa shape index (κ1) is 15.6. The molecular weight excluding hydrogens is 268 g/mol. The molecule has 1 fully saturated rings. The summed E-state index contributed by atoms with van der Waals surface area (Å²) in [5, 5.41) is 6.15. The Hall–Kier alpha value is -1.75. The van der Waals surface area contributed by atoms with E-state index >= 15 is 0 Å². The number of ether oxygens (including phenoxy) is 2. The number of amides is 1. The zero-order valence-corrected chi connectivity index (χ0v) is 13.1. The molecule has 0 aliphatic heterocycles. The van der Waals surface area contributed by atoms with Crippen molar-refractivity contribution in [3.8, 4) is 0 Å². The molecule has 0 bridgehead atoms. The van der Waals surface area contributed by atoms with Crippen molar-refractivity contribution in [2.24, 2.45) is 0 Å². The number of hydrogen-bond acceptors (Lipinski definition) is 4. The van der Waals surface area contributed by atoms with Crippen LogP contribution in [0.25, 0.3) is 0 Å². The van der Waals surface area contributed by atoms with E-state index < -0.39 is 11.7 Å². The third-order valence-corrected chi connectivity index (χ3v) is 3.33. The first-order valence-electron chi connectivity index (χ1n) is 7.25. The van der Waals surface area contributed by atoms with E-state index in [1.807, 2.05) is 45.0 Å². The highest BCUT2D eigenvalue weighted by Crippen LogP contribution is 2.26. The molecule has 1 aromatic rings. The van der Waals surface area contributed by atoms with E-state index in [2.05, 4.69) is 10.6 Å². The van der Waals surface area contributed by atoms with E-state index in [9.17, 15) is 4.79 Å². The van der Waals surface area contributed by atoms with Gasteiger partial charge in [-0.3, -0.25) is 5.32 Å². The molecule has 2 N–H and O–H groups in total. The molecule has 1 aromatic carbocycles. The van der Waals surface area contributed by atoms with Crippen molar-refractivity contribution in [2.75, 3.05) is 17.7 Å². The Morgan fingerprint density at radius 1 is 1.14 bits per heavy atom. The maximum absolute atomic E-state index is 11.7. The maximum atomic E-state index is 11.7. The Kier molecular flexibility index (Phi) is 4.73. The summed E-state index contributed by atoms with van der Waals surface area (Å²) < 4.78 is 10.5. The van der Waals surface area contributed by atoms with Crippen LogP contribution in [0, 0.1) is 0 Å². The first-order chi connectivity index (χ1) is 9.85. The molecule has 0 radical (unpaired) electrons. The highest BCUT2D eigenvalue weighted by molar-refractivity contribution is 5.85. The predicted molar refractivity (Wildman–Crippen MR) is 83.7 cm³/mol. The Balaban J connectivity index is 1.81. The molecule has 0 heterocycles. The van der Waals surface area contributed by atoms with E-state index in [-0.39, 0.29) is 0 Å². The minimum Gasteiger partial charge on any atom is -0.444 e. The summed E-state index contributed by atoms with van der Waals surface area (Å²) in [5.41, 5.74) is 1.27. The van der Waals surface area contributed by atoms with E-state index in [1.165, 1.54) is 0 Å². The van der Waals surface area contributed by atoms with Crippen LogP contribution in [0.15, 0.2) is 24.3 Å². The highest BCUT2D eigenvalue weighted by Gasteiger charge is 2.28. The molecule has 0 unspecified atom stereocenters. The number of carbonyl (C=O) groups is 1. The average molecular weight is 292 g/mol. The monoisotopic (exact) mass is 292 g/mol. The molecule has 116 valence electrons. The maximum Gasteiger partial charge on any atom is 0.412 e. The summed E-state index contributed by atoms with van der Waals surface area (Å²) in [4.78, 5) is 11.7. The standard InChI is InChI=1S/C16H24N2O3/c1-16(2,3)21-15(19)18-12-7-5-11(6-8-12)17-13-9-14(10-13)20-4/h5-8,13-14,17H,9-10H2,1-4H3,(H,18,19). The fourth-order valence-electron chi connectivity index (χ4n) is 2.18. The molecule has 21 heavy (non-hydrogen) atoms. The summed E-state index contributed by atoms with van der Waals surface area (Å²) in [6, 6.07) is 8.09. The van der Waals surface area contributed by atoms with Crippen LogP contribution >= 0.6 is 0 Å². The summed E-state index contributed by atoms with van der Waals surface area (Å²) in [6.07, 6.45) is 2.02. The smallest absolute Gasteiger partial charge is 0.412 e. The van der Waals surface area contributed by atoms with Crippen LogP contribution in [-0.4, -0.2) is 30.9 Å². The zero-order valence-electron chi connectivity index (χ0n) is 13.1. The Morgan fingerprint density at radius 2 is 1.71 bits per heavy atom. The van der Waals surface area contributed by atoms with Gasteiger partial charge in [-0.15, -0.1) is 0 Å². The van der Waals surface area contributed by atoms with Gasteiger partial charge in [0.2, 0.25) is 0 Å². The van der Waals surface area contributed by atoms with Gasteiger partial charge in [-0.1, -0.05) is 0 Å². The van der Waals surface area contributed by atoms with Gasteiger partial charge >= 0.3 is 6.09 Å². The largest absolute Gasteiger partial charge is 0.444 e. The molecule has 0 saturated heterocycles. The number of anilines is 2. The second-order valence-corrected chi connectivity index (χ2v) is 6.37.